The Hall–Kier alpha value is 0.250. The second-order valence-corrected chi connectivity index (χ2v) is 8.02. The van der Waals surface area contributed by atoms with Gasteiger partial charge in [0.1, 0.15) is 0 Å². The van der Waals surface area contributed by atoms with E-state index in [0.717, 1.165) is 25.9 Å². The fraction of sp³-hybridized carbons (Fsp3) is 0.462. The van der Waals surface area contributed by atoms with E-state index in [1.165, 1.54) is 0 Å². The van der Waals surface area contributed by atoms with Crippen molar-refractivity contribution in [1.82, 2.24) is 4.90 Å². The number of hydrogen-bond acceptors (Lipinski definition) is 2. The van der Waals surface area contributed by atoms with E-state index < -0.39 is 0 Å². The van der Waals surface area contributed by atoms with E-state index in [-0.39, 0.29) is 5.91 Å². The molecule has 2 atom stereocenters. The van der Waals surface area contributed by atoms with Gasteiger partial charge in [-0.25, -0.2) is 0 Å². The van der Waals surface area contributed by atoms with Gasteiger partial charge in [-0.15, -0.1) is 0 Å². The summed E-state index contributed by atoms with van der Waals surface area (Å²) in [6.07, 6.45) is 0. The minimum Gasteiger partial charge on any atom is -0.334 e. The van der Waals surface area contributed by atoms with E-state index in [1.54, 1.807) is 0 Å². The lowest BCUT2D eigenvalue weighted by Gasteiger charge is -2.37. The molecular formula is C13H15BrINOS. The van der Waals surface area contributed by atoms with Gasteiger partial charge in [-0.1, -0.05) is 6.92 Å². The first-order valence-corrected chi connectivity index (χ1v) is 8.80. The van der Waals surface area contributed by atoms with Crippen molar-refractivity contribution in [3.63, 3.8) is 0 Å². The number of carbonyl (C=O) groups excluding carboxylic acids is 1. The molecule has 1 aliphatic heterocycles. The topological polar surface area (TPSA) is 20.3 Å². The van der Waals surface area contributed by atoms with Gasteiger partial charge in [0, 0.05) is 31.6 Å². The van der Waals surface area contributed by atoms with Crippen LogP contribution in [0, 0.1) is 3.57 Å². The Labute approximate surface area is 134 Å². The maximum atomic E-state index is 12.6. The van der Waals surface area contributed by atoms with Crippen LogP contribution in [0.3, 0.4) is 0 Å². The van der Waals surface area contributed by atoms with Crippen LogP contribution in [0.25, 0.3) is 0 Å². The van der Waals surface area contributed by atoms with E-state index in [4.69, 9.17) is 0 Å². The quantitative estimate of drug-likeness (QED) is 0.616. The second-order valence-electron chi connectivity index (χ2n) is 4.44. The molecule has 0 spiro atoms. The highest BCUT2D eigenvalue weighted by atomic mass is 127. The van der Waals surface area contributed by atoms with E-state index >= 15 is 0 Å². The highest BCUT2D eigenvalue weighted by molar-refractivity contribution is 14.1. The van der Waals surface area contributed by atoms with E-state index in [1.807, 2.05) is 34.9 Å². The Morgan fingerprint density at radius 1 is 1.50 bits per heavy atom. The fourth-order valence-electron chi connectivity index (χ4n) is 2.04. The average Bonchev–Trinajstić information content (AvgIpc) is 2.35. The second kappa shape index (κ2) is 6.13. The van der Waals surface area contributed by atoms with E-state index in [9.17, 15) is 4.79 Å². The predicted octanol–water partition coefficient (Wildman–Crippen LogP) is 4.02. The van der Waals surface area contributed by atoms with Crippen molar-refractivity contribution in [2.24, 2.45) is 0 Å². The van der Waals surface area contributed by atoms with E-state index in [0.29, 0.717) is 11.3 Å². The molecule has 2 rings (SSSR count). The largest absolute Gasteiger partial charge is 0.334 e. The molecule has 0 radical (unpaired) electrons. The molecule has 0 aromatic heterocycles. The van der Waals surface area contributed by atoms with Crippen LogP contribution in [-0.4, -0.2) is 34.4 Å². The smallest absolute Gasteiger partial charge is 0.255 e. The lowest BCUT2D eigenvalue weighted by atomic mass is 10.1. The number of nitrogens with zero attached hydrogens (tertiary/aromatic N) is 1. The first kappa shape index (κ1) is 14.7. The SMILES string of the molecule is CC1SCCN(C(=O)c2cc(I)ccc2Br)C1C. The summed E-state index contributed by atoms with van der Waals surface area (Å²) in [4.78, 5) is 14.6. The molecule has 2 nitrogen and oxygen atoms in total. The number of carbonyl (C=O) groups is 1. The number of halogens is 2. The third-order valence-electron chi connectivity index (χ3n) is 3.30. The van der Waals surface area contributed by atoms with Gasteiger partial charge < -0.3 is 4.90 Å². The molecule has 0 saturated carbocycles. The van der Waals surface area contributed by atoms with Gasteiger partial charge in [0.05, 0.1) is 5.56 Å². The molecule has 1 heterocycles. The summed E-state index contributed by atoms with van der Waals surface area (Å²) in [5.41, 5.74) is 0.771. The summed E-state index contributed by atoms with van der Waals surface area (Å²) < 4.78 is 1.97. The van der Waals surface area contributed by atoms with Crippen LogP contribution >= 0.6 is 50.3 Å². The van der Waals surface area contributed by atoms with E-state index in [2.05, 4.69) is 52.4 Å². The molecule has 0 bridgehead atoms. The molecule has 1 aromatic carbocycles. The molecule has 1 amide bonds. The summed E-state index contributed by atoms with van der Waals surface area (Å²) in [6, 6.07) is 6.19. The van der Waals surface area contributed by atoms with Crippen LogP contribution in [0.5, 0.6) is 0 Å². The van der Waals surface area contributed by atoms with Crippen molar-refractivity contribution >= 4 is 56.2 Å². The zero-order valence-corrected chi connectivity index (χ0v) is 14.9. The molecule has 2 unspecified atom stereocenters. The van der Waals surface area contributed by atoms with Gasteiger partial charge in [0.25, 0.3) is 5.91 Å². The predicted molar refractivity (Wildman–Crippen MR) is 89.3 cm³/mol. The van der Waals surface area contributed by atoms with Gasteiger partial charge in [0.2, 0.25) is 0 Å². The summed E-state index contributed by atoms with van der Waals surface area (Å²) in [5, 5.41) is 0.504. The molecule has 1 aromatic rings. The molecule has 1 aliphatic rings. The van der Waals surface area contributed by atoms with Gasteiger partial charge in [-0.3, -0.25) is 4.79 Å². The zero-order valence-electron chi connectivity index (χ0n) is 10.3. The minimum atomic E-state index is 0.139. The number of hydrogen-bond donors (Lipinski definition) is 0. The highest BCUT2D eigenvalue weighted by Gasteiger charge is 2.30. The molecule has 0 aliphatic carbocycles. The molecule has 18 heavy (non-hydrogen) atoms. The first-order chi connectivity index (χ1) is 8.50. The maximum Gasteiger partial charge on any atom is 0.255 e. The summed E-state index contributed by atoms with van der Waals surface area (Å²) in [7, 11) is 0. The lowest BCUT2D eigenvalue weighted by molar-refractivity contribution is 0.0697. The molecule has 1 fully saturated rings. The first-order valence-electron chi connectivity index (χ1n) is 5.88. The number of thioether (sulfide) groups is 1. The highest BCUT2D eigenvalue weighted by Crippen LogP contribution is 2.28. The van der Waals surface area contributed by atoms with Crippen molar-refractivity contribution in [3.05, 3.63) is 31.8 Å². The number of benzene rings is 1. The monoisotopic (exact) mass is 439 g/mol. The molecule has 98 valence electrons. The molecule has 1 saturated heterocycles. The zero-order chi connectivity index (χ0) is 13.3. The molecule has 5 heteroatoms. The van der Waals surface area contributed by atoms with Crippen LogP contribution in [0.1, 0.15) is 24.2 Å². The van der Waals surface area contributed by atoms with Crippen molar-refractivity contribution in [2.45, 2.75) is 25.1 Å². The third-order valence-corrected chi connectivity index (χ3v) is 6.00. The fourth-order valence-corrected chi connectivity index (χ4v) is 4.04. The van der Waals surface area contributed by atoms with Crippen LogP contribution in [0.15, 0.2) is 22.7 Å². The Bertz CT molecular complexity index is 468. The van der Waals surface area contributed by atoms with Crippen LogP contribution in [0.4, 0.5) is 0 Å². The Kier molecular flexibility index (Phi) is 4.99. The van der Waals surface area contributed by atoms with Crippen LogP contribution < -0.4 is 0 Å². The van der Waals surface area contributed by atoms with Gasteiger partial charge in [0.15, 0.2) is 0 Å². The van der Waals surface area contributed by atoms with Gasteiger partial charge in [-0.2, -0.15) is 11.8 Å². The average molecular weight is 440 g/mol. The lowest BCUT2D eigenvalue weighted by Crippen LogP contribution is -2.48. The Morgan fingerprint density at radius 2 is 2.22 bits per heavy atom. The Morgan fingerprint density at radius 3 is 2.94 bits per heavy atom. The third kappa shape index (κ3) is 3.04. The van der Waals surface area contributed by atoms with Crippen molar-refractivity contribution in [1.29, 1.82) is 0 Å². The standard InChI is InChI=1S/C13H15BrINOS/c1-8-9(2)18-6-5-16(8)13(17)11-7-10(15)3-4-12(11)14/h3-4,7-9H,5-6H2,1-2H3. The van der Waals surface area contributed by atoms with Crippen LogP contribution in [0.2, 0.25) is 0 Å². The summed E-state index contributed by atoms with van der Waals surface area (Å²) >= 11 is 7.66. The minimum absolute atomic E-state index is 0.139. The Balaban J connectivity index is 2.27. The summed E-state index contributed by atoms with van der Waals surface area (Å²) in [6.45, 7) is 5.17. The van der Waals surface area contributed by atoms with Crippen LogP contribution in [-0.2, 0) is 0 Å². The van der Waals surface area contributed by atoms with Gasteiger partial charge >= 0.3 is 0 Å². The van der Waals surface area contributed by atoms with Gasteiger partial charge in [-0.05, 0) is 63.6 Å². The van der Waals surface area contributed by atoms with Crippen molar-refractivity contribution in [2.75, 3.05) is 12.3 Å². The summed E-state index contributed by atoms with van der Waals surface area (Å²) in [5.74, 6) is 1.17. The molecular weight excluding hydrogens is 425 g/mol. The van der Waals surface area contributed by atoms with Crippen molar-refractivity contribution in [3.8, 4) is 0 Å². The number of amides is 1. The number of rotatable bonds is 1. The normalized spacial score (nSPS) is 24.1. The molecule has 0 N–H and O–H groups in total. The van der Waals surface area contributed by atoms with Crippen molar-refractivity contribution < 1.29 is 4.79 Å². The maximum absolute atomic E-state index is 12.6.